The van der Waals surface area contributed by atoms with Crippen LogP contribution in [-0.4, -0.2) is 45.4 Å². The quantitative estimate of drug-likeness (QED) is 0.888. The lowest BCUT2D eigenvalue weighted by molar-refractivity contribution is 0.0687. The maximum Gasteiger partial charge on any atom is 0.276 e. The maximum absolute atomic E-state index is 12.5. The van der Waals surface area contributed by atoms with Gasteiger partial charge in [-0.15, -0.1) is 5.10 Å². The zero-order chi connectivity index (χ0) is 16.4. The van der Waals surface area contributed by atoms with Crippen LogP contribution in [0.5, 0.6) is 0 Å². The molecule has 7 heteroatoms. The van der Waals surface area contributed by atoms with Gasteiger partial charge in [0.05, 0.1) is 11.9 Å². The highest BCUT2D eigenvalue weighted by Gasteiger charge is 2.24. The summed E-state index contributed by atoms with van der Waals surface area (Å²) in [6.07, 6.45) is 3.62. The zero-order valence-corrected chi connectivity index (χ0v) is 14.7. The largest absolute Gasteiger partial charge is 0.337 e. The van der Waals surface area contributed by atoms with E-state index in [1.807, 2.05) is 30.0 Å². The fraction of sp³-hybridized carbons (Fsp3) is 0.438. The average Bonchev–Trinajstić information content (AvgIpc) is 3.07. The van der Waals surface area contributed by atoms with Crippen LogP contribution in [-0.2, 0) is 0 Å². The molecule has 1 aliphatic heterocycles. The first-order chi connectivity index (χ1) is 11.1. The van der Waals surface area contributed by atoms with Crippen molar-refractivity contribution >= 4 is 21.8 Å². The normalized spacial score (nSPS) is 15.9. The molecule has 1 saturated heterocycles. The van der Waals surface area contributed by atoms with Crippen LogP contribution in [0.25, 0.3) is 5.69 Å². The van der Waals surface area contributed by atoms with Gasteiger partial charge in [0, 0.05) is 17.6 Å². The molecule has 0 spiro atoms. The van der Waals surface area contributed by atoms with E-state index in [0.29, 0.717) is 18.2 Å². The SMILES string of the molecule is Cc1cc(-n2cc(C(=O)N3CCC(CN)CC3)nn2)ccc1Br. The van der Waals surface area contributed by atoms with Crippen LogP contribution in [0.1, 0.15) is 28.9 Å². The number of hydrogen-bond donors (Lipinski definition) is 1. The lowest BCUT2D eigenvalue weighted by atomic mass is 9.97. The van der Waals surface area contributed by atoms with Crippen LogP contribution in [0.4, 0.5) is 0 Å². The number of likely N-dealkylation sites (tertiary alicyclic amines) is 1. The van der Waals surface area contributed by atoms with Gasteiger partial charge in [-0.25, -0.2) is 4.68 Å². The van der Waals surface area contributed by atoms with Gasteiger partial charge < -0.3 is 10.6 Å². The smallest absolute Gasteiger partial charge is 0.276 e. The molecule has 3 rings (SSSR count). The van der Waals surface area contributed by atoms with Crippen molar-refractivity contribution in [1.29, 1.82) is 0 Å². The molecule has 0 unspecified atom stereocenters. The second-order valence-electron chi connectivity index (χ2n) is 5.95. The van der Waals surface area contributed by atoms with E-state index in [-0.39, 0.29) is 5.91 Å². The molecule has 122 valence electrons. The van der Waals surface area contributed by atoms with Gasteiger partial charge >= 0.3 is 0 Å². The van der Waals surface area contributed by atoms with Gasteiger partial charge in [0.2, 0.25) is 0 Å². The Kier molecular flexibility index (Phi) is 4.77. The summed E-state index contributed by atoms with van der Waals surface area (Å²) in [6.45, 7) is 4.19. The van der Waals surface area contributed by atoms with Gasteiger partial charge in [0.25, 0.3) is 5.91 Å². The Balaban J connectivity index is 1.74. The van der Waals surface area contributed by atoms with Crippen molar-refractivity contribution < 1.29 is 4.79 Å². The zero-order valence-electron chi connectivity index (χ0n) is 13.1. The Bertz CT molecular complexity index is 706. The average molecular weight is 378 g/mol. The van der Waals surface area contributed by atoms with Crippen molar-refractivity contribution in [3.63, 3.8) is 0 Å². The number of benzene rings is 1. The van der Waals surface area contributed by atoms with E-state index in [1.165, 1.54) is 0 Å². The van der Waals surface area contributed by atoms with E-state index in [9.17, 15) is 4.79 Å². The number of hydrogen-bond acceptors (Lipinski definition) is 4. The van der Waals surface area contributed by atoms with E-state index in [4.69, 9.17) is 5.73 Å². The van der Waals surface area contributed by atoms with Gasteiger partial charge in [0.15, 0.2) is 5.69 Å². The Morgan fingerprint density at radius 1 is 1.39 bits per heavy atom. The minimum Gasteiger partial charge on any atom is -0.337 e. The number of nitrogens with zero attached hydrogens (tertiary/aromatic N) is 4. The molecule has 0 saturated carbocycles. The van der Waals surface area contributed by atoms with Gasteiger partial charge in [-0.05, 0) is 56.0 Å². The predicted octanol–water partition coefficient (Wildman–Crippen LogP) is 2.15. The Labute approximate surface area is 143 Å². The number of aryl methyl sites for hydroxylation is 1. The summed E-state index contributed by atoms with van der Waals surface area (Å²) in [5.41, 5.74) is 8.07. The molecule has 1 aliphatic rings. The molecular formula is C16H20BrN5O. The third-order valence-electron chi connectivity index (χ3n) is 4.35. The molecule has 2 aromatic rings. The molecule has 1 aromatic carbocycles. The Hall–Kier alpha value is -1.73. The number of amides is 1. The van der Waals surface area contributed by atoms with Crippen molar-refractivity contribution in [1.82, 2.24) is 19.9 Å². The summed E-state index contributed by atoms with van der Waals surface area (Å²) in [5, 5.41) is 8.13. The highest BCUT2D eigenvalue weighted by Crippen LogP contribution is 2.20. The van der Waals surface area contributed by atoms with Crippen molar-refractivity contribution in [3.8, 4) is 5.69 Å². The number of carbonyl (C=O) groups excluding carboxylic acids is 1. The van der Waals surface area contributed by atoms with Crippen molar-refractivity contribution in [3.05, 3.63) is 40.1 Å². The van der Waals surface area contributed by atoms with Crippen LogP contribution in [0.3, 0.4) is 0 Å². The van der Waals surface area contributed by atoms with Crippen molar-refractivity contribution in [2.24, 2.45) is 11.7 Å². The summed E-state index contributed by atoms with van der Waals surface area (Å²) in [6, 6.07) is 5.90. The number of nitrogens with two attached hydrogens (primary N) is 1. The van der Waals surface area contributed by atoms with Crippen LogP contribution in [0.15, 0.2) is 28.9 Å². The second kappa shape index (κ2) is 6.80. The molecule has 1 amide bonds. The molecule has 6 nitrogen and oxygen atoms in total. The molecule has 1 aromatic heterocycles. The minimum absolute atomic E-state index is 0.0550. The molecule has 0 radical (unpaired) electrons. The topological polar surface area (TPSA) is 77.0 Å². The molecule has 2 N–H and O–H groups in total. The summed E-state index contributed by atoms with van der Waals surface area (Å²) in [7, 11) is 0. The standard InChI is InChI=1S/C16H20BrN5O/c1-11-8-13(2-3-14(11)17)22-10-15(19-20-22)16(23)21-6-4-12(9-18)5-7-21/h2-3,8,10,12H,4-7,9,18H2,1H3. The van der Waals surface area contributed by atoms with E-state index in [1.54, 1.807) is 10.9 Å². The maximum atomic E-state index is 12.5. The van der Waals surface area contributed by atoms with E-state index in [0.717, 1.165) is 41.7 Å². The first-order valence-corrected chi connectivity index (χ1v) is 8.56. The summed E-state index contributed by atoms with van der Waals surface area (Å²) in [5.74, 6) is 0.473. The van der Waals surface area contributed by atoms with Crippen LogP contribution in [0.2, 0.25) is 0 Å². The first kappa shape index (κ1) is 16.1. The number of carbonyl (C=O) groups is 1. The predicted molar refractivity (Wildman–Crippen MR) is 91.5 cm³/mol. The van der Waals surface area contributed by atoms with Gasteiger partial charge in [-0.3, -0.25) is 4.79 Å². The molecule has 1 fully saturated rings. The van der Waals surface area contributed by atoms with Crippen LogP contribution >= 0.6 is 15.9 Å². The fourth-order valence-corrected chi connectivity index (χ4v) is 3.04. The van der Waals surface area contributed by atoms with Gasteiger partial charge in [0.1, 0.15) is 0 Å². The lowest BCUT2D eigenvalue weighted by Crippen LogP contribution is -2.40. The Morgan fingerprint density at radius 2 is 2.13 bits per heavy atom. The van der Waals surface area contributed by atoms with Gasteiger partial charge in [-0.2, -0.15) is 0 Å². The number of halogens is 1. The highest BCUT2D eigenvalue weighted by atomic mass is 79.9. The molecule has 0 aliphatic carbocycles. The minimum atomic E-state index is -0.0550. The van der Waals surface area contributed by atoms with Gasteiger partial charge in [-0.1, -0.05) is 21.1 Å². The number of piperidine rings is 1. The molecule has 0 bridgehead atoms. The van der Waals surface area contributed by atoms with Crippen LogP contribution < -0.4 is 5.73 Å². The lowest BCUT2D eigenvalue weighted by Gasteiger charge is -2.30. The third-order valence-corrected chi connectivity index (χ3v) is 5.24. The molecule has 2 heterocycles. The van der Waals surface area contributed by atoms with Crippen molar-refractivity contribution in [2.75, 3.05) is 19.6 Å². The first-order valence-electron chi connectivity index (χ1n) is 7.76. The summed E-state index contributed by atoms with van der Waals surface area (Å²) >= 11 is 3.48. The Morgan fingerprint density at radius 3 is 2.78 bits per heavy atom. The number of rotatable bonds is 3. The monoisotopic (exact) mass is 377 g/mol. The van der Waals surface area contributed by atoms with E-state index in [2.05, 4.69) is 26.2 Å². The molecule has 23 heavy (non-hydrogen) atoms. The fourth-order valence-electron chi connectivity index (χ4n) is 2.79. The van der Waals surface area contributed by atoms with Crippen LogP contribution in [0, 0.1) is 12.8 Å². The third kappa shape index (κ3) is 3.45. The molecular weight excluding hydrogens is 358 g/mol. The number of aromatic nitrogens is 3. The molecule has 0 atom stereocenters. The van der Waals surface area contributed by atoms with E-state index < -0.39 is 0 Å². The van der Waals surface area contributed by atoms with Crippen molar-refractivity contribution in [2.45, 2.75) is 19.8 Å². The second-order valence-corrected chi connectivity index (χ2v) is 6.81. The van der Waals surface area contributed by atoms with E-state index >= 15 is 0 Å². The summed E-state index contributed by atoms with van der Waals surface area (Å²) in [4.78, 5) is 14.4. The highest BCUT2D eigenvalue weighted by molar-refractivity contribution is 9.10. The summed E-state index contributed by atoms with van der Waals surface area (Å²) < 4.78 is 2.68.